The second-order valence-corrected chi connectivity index (χ2v) is 7.24. The van der Waals surface area contributed by atoms with E-state index < -0.39 is 0 Å². The smallest absolute Gasteiger partial charge is 0.226 e. The molecule has 1 fully saturated rings. The van der Waals surface area contributed by atoms with Crippen molar-refractivity contribution in [1.82, 2.24) is 10.2 Å². The Bertz CT molecular complexity index is 535. The van der Waals surface area contributed by atoms with E-state index in [0.29, 0.717) is 45.7 Å². The number of nitrogens with zero attached hydrogens (tertiary/aromatic N) is 1. The zero-order valence-electron chi connectivity index (χ0n) is 15.0. The number of carbonyl (C=O) groups excluding carboxylic acids is 2. The number of allylic oxidation sites excluding steroid dienone is 3. The van der Waals surface area contributed by atoms with E-state index in [4.69, 9.17) is 4.74 Å². The Morgan fingerprint density at radius 2 is 1.88 bits per heavy atom. The molecule has 0 radical (unpaired) electrons. The monoisotopic (exact) mass is 346 g/mol. The van der Waals surface area contributed by atoms with Gasteiger partial charge < -0.3 is 15.0 Å². The highest BCUT2D eigenvalue weighted by Gasteiger charge is 2.36. The Balaban J connectivity index is 1.52. The van der Waals surface area contributed by atoms with E-state index in [1.165, 1.54) is 31.3 Å². The van der Waals surface area contributed by atoms with Crippen molar-refractivity contribution in [1.29, 1.82) is 0 Å². The zero-order chi connectivity index (χ0) is 17.5. The number of hydrogen-bond acceptors (Lipinski definition) is 3. The zero-order valence-corrected chi connectivity index (χ0v) is 15.0. The maximum Gasteiger partial charge on any atom is 0.226 e. The van der Waals surface area contributed by atoms with Crippen LogP contribution >= 0.6 is 0 Å². The molecular weight excluding hydrogens is 316 g/mol. The van der Waals surface area contributed by atoms with Crippen molar-refractivity contribution >= 4 is 11.8 Å². The van der Waals surface area contributed by atoms with Crippen molar-refractivity contribution in [3.63, 3.8) is 0 Å². The maximum atomic E-state index is 12.8. The molecule has 0 saturated carbocycles. The highest BCUT2D eigenvalue weighted by atomic mass is 16.5. The standard InChI is InChI=1S/C20H30N2O3/c23-19(21-11-10-16-6-2-1-3-7-16)17-8-4-5-9-18(17)20(24)22-12-14-25-15-13-22/h4-6,17-18H,1-3,7-15H2,(H,21,23)/t17-,18-/m1/s1. The van der Waals surface area contributed by atoms with Crippen molar-refractivity contribution in [2.45, 2.75) is 44.9 Å². The molecule has 0 aromatic heterocycles. The van der Waals surface area contributed by atoms with Crippen molar-refractivity contribution in [2.75, 3.05) is 32.8 Å². The molecule has 2 atom stereocenters. The fourth-order valence-corrected chi connectivity index (χ4v) is 4.00. The van der Waals surface area contributed by atoms with Gasteiger partial charge in [-0.25, -0.2) is 0 Å². The lowest BCUT2D eigenvalue weighted by atomic mass is 9.81. The first kappa shape index (κ1) is 18.2. The van der Waals surface area contributed by atoms with E-state index in [2.05, 4.69) is 11.4 Å². The van der Waals surface area contributed by atoms with Crippen LogP contribution in [0.15, 0.2) is 23.8 Å². The summed E-state index contributed by atoms with van der Waals surface area (Å²) in [5, 5.41) is 3.08. The summed E-state index contributed by atoms with van der Waals surface area (Å²) in [6.07, 6.45) is 13.6. The molecule has 0 bridgehead atoms. The minimum absolute atomic E-state index is 0.0346. The number of ether oxygens (including phenoxy) is 1. The van der Waals surface area contributed by atoms with Gasteiger partial charge in [0.25, 0.3) is 0 Å². The van der Waals surface area contributed by atoms with E-state index in [1.54, 1.807) is 0 Å². The largest absolute Gasteiger partial charge is 0.378 e. The molecule has 1 aliphatic heterocycles. The third kappa shape index (κ3) is 4.94. The molecule has 0 spiro atoms. The first-order valence-electron chi connectivity index (χ1n) is 9.73. The topological polar surface area (TPSA) is 58.6 Å². The summed E-state index contributed by atoms with van der Waals surface area (Å²) in [5.74, 6) is -0.312. The first-order valence-corrected chi connectivity index (χ1v) is 9.73. The average Bonchev–Trinajstić information content (AvgIpc) is 2.69. The summed E-state index contributed by atoms with van der Waals surface area (Å²) in [6, 6.07) is 0. The Labute approximate surface area is 150 Å². The van der Waals surface area contributed by atoms with Gasteiger partial charge in [0.15, 0.2) is 0 Å². The van der Waals surface area contributed by atoms with Gasteiger partial charge in [-0.1, -0.05) is 23.8 Å². The van der Waals surface area contributed by atoms with Crippen LogP contribution in [-0.2, 0) is 14.3 Å². The molecule has 5 heteroatoms. The number of nitrogens with one attached hydrogen (secondary N) is 1. The second-order valence-electron chi connectivity index (χ2n) is 7.24. The third-order valence-corrected chi connectivity index (χ3v) is 5.54. The molecule has 138 valence electrons. The van der Waals surface area contributed by atoms with Crippen LogP contribution in [0.4, 0.5) is 0 Å². The van der Waals surface area contributed by atoms with Gasteiger partial charge in [0.05, 0.1) is 25.0 Å². The molecule has 5 nitrogen and oxygen atoms in total. The van der Waals surface area contributed by atoms with Gasteiger partial charge >= 0.3 is 0 Å². The normalized spacial score (nSPS) is 26.9. The predicted octanol–water partition coefficient (Wildman–Crippen LogP) is 2.43. The second kappa shape index (κ2) is 9.18. The quantitative estimate of drug-likeness (QED) is 0.778. The van der Waals surface area contributed by atoms with Crippen molar-refractivity contribution in [3.8, 4) is 0 Å². The average molecular weight is 346 g/mol. The van der Waals surface area contributed by atoms with Crippen LogP contribution in [0.25, 0.3) is 0 Å². The fourth-order valence-electron chi connectivity index (χ4n) is 4.00. The SMILES string of the molecule is O=C(NCCC1=CCCCC1)[C@@H]1CC=CC[C@H]1C(=O)N1CCOCC1. The first-order chi connectivity index (χ1) is 12.3. The van der Waals surface area contributed by atoms with Gasteiger partial charge in [-0.05, 0) is 44.9 Å². The van der Waals surface area contributed by atoms with Crippen LogP contribution in [0.1, 0.15) is 44.9 Å². The van der Waals surface area contributed by atoms with E-state index in [9.17, 15) is 9.59 Å². The Morgan fingerprint density at radius 3 is 2.60 bits per heavy atom. The molecule has 2 aliphatic carbocycles. The summed E-state index contributed by atoms with van der Waals surface area (Å²) < 4.78 is 5.33. The lowest BCUT2D eigenvalue weighted by molar-refractivity contribution is -0.145. The molecule has 1 heterocycles. The van der Waals surface area contributed by atoms with Crippen LogP contribution in [-0.4, -0.2) is 49.6 Å². The molecule has 3 aliphatic rings. The summed E-state index contributed by atoms with van der Waals surface area (Å²) in [7, 11) is 0. The highest BCUT2D eigenvalue weighted by molar-refractivity contribution is 5.88. The molecule has 3 rings (SSSR count). The number of rotatable bonds is 5. The lowest BCUT2D eigenvalue weighted by Gasteiger charge is -2.34. The van der Waals surface area contributed by atoms with E-state index in [-0.39, 0.29) is 23.7 Å². The Hall–Kier alpha value is -1.62. The Morgan fingerprint density at radius 1 is 1.12 bits per heavy atom. The molecular formula is C20H30N2O3. The van der Waals surface area contributed by atoms with Gasteiger partial charge in [-0.3, -0.25) is 9.59 Å². The summed E-state index contributed by atoms with van der Waals surface area (Å²) >= 11 is 0. The molecule has 1 saturated heterocycles. The van der Waals surface area contributed by atoms with Gasteiger partial charge in [0.1, 0.15) is 0 Å². The van der Waals surface area contributed by atoms with Gasteiger partial charge in [-0.15, -0.1) is 0 Å². The summed E-state index contributed by atoms with van der Waals surface area (Å²) in [6.45, 7) is 3.16. The summed E-state index contributed by atoms with van der Waals surface area (Å²) in [4.78, 5) is 27.4. The van der Waals surface area contributed by atoms with Crippen molar-refractivity contribution in [2.24, 2.45) is 11.8 Å². The minimum Gasteiger partial charge on any atom is -0.378 e. The summed E-state index contributed by atoms with van der Waals surface area (Å²) in [5.41, 5.74) is 1.47. The van der Waals surface area contributed by atoms with Gasteiger partial charge in [-0.2, -0.15) is 0 Å². The molecule has 1 N–H and O–H groups in total. The lowest BCUT2D eigenvalue weighted by Crippen LogP contribution is -2.48. The van der Waals surface area contributed by atoms with E-state index in [1.807, 2.05) is 17.1 Å². The minimum atomic E-state index is -0.235. The maximum absolute atomic E-state index is 12.8. The van der Waals surface area contributed by atoms with Gasteiger partial charge in [0, 0.05) is 19.6 Å². The Kier molecular flexibility index (Phi) is 6.68. The molecule has 0 unspecified atom stereocenters. The van der Waals surface area contributed by atoms with Crippen molar-refractivity contribution < 1.29 is 14.3 Å². The molecule has 0 aromatic rings. The predicted molar refractivity (Wildman–Crippen MR) is 96.9 cm³/mol. The van der Waals surface area contributed by atoms with Crippen LogP contribution in [0.3, 0.4) is 0 Å². The number of morpholine rings is 1. The molecule has 0 aromatic carbocycles. The van der Waals surface area contributed by atoms with Gasteiger partial charge in [0.2, 0.25) is 11.8 Å². The van der Waals surface area contributed by atoms with E-state index in [0.717, 1.165) is 6.42 Å². The number of carbonyl (C=O) groups is 2. The number of amides is 2. The number of hydrogen-bond donors (Lipinski definition) is 1. The molecule has 25 heavy (non-hydrogen) atoms. The van der Waals surface area contributed by atoms with E-state index >= 15 is 0 Å². The van der Waals surface area contributed by atoms with Crippen LogP contribution in [0.2, 0.25) is 0 Å². The fraction of sp³-hybridized carbons (Fsp3) is 0.700. The molecule has 2 amide bonds. The highest BCUT2D eigenvalue weighted by Crippen LogP contribution is 2.28. The van der Waals surface area contributed by atoms with Crippen molar-refractivity contribution in [3.05, 3.63) is 23.8 Å². The van der Waals surface area contributed by atoms with Crippen LogP contribution in [0, 0.1) is 11.8 Å². The van der Waals surface area contributed by atoms with Crippen LogP contribution < -0.4 is 5.32 Å². The van der Waals surface area contributed by atoms with Crippen LogP contribution in [0.5, 0.6) is 0 Å². The third-order valence-electron chi connectivity index (χ3n) is 5.54.